The van der Waals surface area contributed by atoms with Gasteiger partial charge in [-0.25, -0.2) is 0 Å². The zero-order chi connectivity index (χ0) is 14.1. The molecule has 0 radical (unpaired) electrons. The van der Waals surface area contributed by atoms with Crippen molar-refractivity contribution in [3.8, 4) is 0 Å². The monoisotopic (exact) mass is 251 g/mol. The summed E-state index contributed by atoms with van der Waals surface area (Å²) in [6, 6.07) is 0. The molecule has 0 heterocycles. The predicted octanol–water partition coefficient (Wildman–Crippen LogP) is 4.59. The molecule has 0 aromatic heterocycles. The van der Waals surface area contributed by atoms with Crippen LogP contribution in [0.4, 0.5) is 0 Å². The molecule has 18 heavy (non-hydrogen) atoms. The number of aliphatic imine (C=N–C) groups is 1. The van der Waals surface area contributed by atoms with Crippen LogP contribution < -0.4 is 0 Å². The van der Waals surface area contributed by atoms with Crippen molar-refractivity contribution in [1.82, 2.24) is 0 Å². The molecule has 1 unspecified atom stereocenters. The first-order valence-electron chi connectivity index (χ1n) is 7.10. The van der Waals surface area contributed by atoms with Crippen molar-refractivity contribution in [3.63, 3.8) is 0 Å². The number of hydrogen-bond acceptors (Lipinski definition) is 2. The highest BCUT2D eigenvalue weighted by Crippen LogP contribution is 2.24. The summed E-state index contributed by atoms with van der Waals surface area (Å²) in [6.07, 6.45) is 5.14. The Kier molecular flexibility index (Phi) is 8.61. The predicted molar refractivity (Wildman–Crippen MR) is 80.3 cm³/mol. The highest BCUT2D eigenvalue weighted by atomic mass is 16.1. The van der Waals surface area contributed by atoms with E-state index in [0.717, 1.165) is 37.8 Å². The van der Waals surface area contributed by atoms with Crippen LogP contribution in [0.2, 0.25) is 0 Å². The van der Waals surface area contributed by atoms with E-state index >= 15 is 0 Å². The van der Waals surface area contributed by atoms with Crippen LogP contribution in [0.25, 0.3) is 0 Å². The van der Waals surface area contributed by atoms with Crippen molar-refractivity contribution >= 4 is 11.5 Å². The lowest BCUT2D eigenvalue weighted by atomic mass is 9.87. The zero-order valence-corrected chi connectivity index (χ0v) is 13.0. The molecule has 0 aliphatic carbocycles. The smallest absolute Gasteiger partial charge is 0.133 e. The molecule has 0 aromatic carbocycles. The third-order valence-corrected chi connectivity index (χ3v) is 3.57. The second kappa shape index (κ2) is 9.07. The largest absolute Gasteiger partial charge is 0.300 e. The number of nitrogens with zero attached hydrogens (tertiary/aromatic N) is 1. The number of allylic oxidation sites excluding steroid dienone is 2. The number of hydrogen-bond donors (Lipinski definition) is 0. The summed E-state index contributed by atoms with van der Waals surface area (Å²) >= 11 is 0. The SMILES string of the molecule is CCC/C(C)=C(/CC(CCC)C(C)=O)C(C)=NC. The highest BCUT2D eigenvalue weighted by Gasteiger charge is 2.17. The number of ketones is 1. The second-order valence-corrected chi connectivity index (χ2v) is 5.12. The van der Waals surface area contributed by atoms with E-state index in [1.807, 2.05) is 7.05 Å². The van der Waals surface area contributed by atoms with Crippen molar-refractivity contribution in [1.29, 1.82) is 0 Å². The molecule has 0 bridgehead atoms. The Morgan fingerprint density at radius 1 is 1.11 bits per heavy atom. The molecular weight excluding hydrogens is 222 g/mol. The Balaban J connectivity index is 5.10. The fourth-order valence-corrected chi connectivity index (χ4v) is 2.34. The molecule has 0 rings (SSSR count). The maximum atomic E-state index is 11.7. The zero-order valence-electron chi connectivity index (χ0n) is 13.0. The summed E-state index contributed by atoms with van der Waals surface area (Å²) in [4.78, 5) is 16.0. The Bertz CT molecular complexity index is 326. The Labute approximate surface area is 113 Å². The number of carbonyl (C=O) groups excluding carboxylic acids is 1. The molecular formula is C16H29NO. The van der Waals surface area contributed by atoms with E-state index in [2.05, 4.69) is 32.7 Å². The van der Waals surface area contributed by atoms with E-state index in [4.69, 9.17) is 0 Å². The van der Waals surface area contributed by atoms with Gasteiger partial charge in [0.15, 0.2) is 0 Å². The van der Waals surface area contributed by atoms with Crippen LogP contribution in [0.5, 0.6) is 0 Å². The molecule has 0 aliphatic rings. The third-order valence-electron chi connectivity index (χ3n) is 3.57. The van der Waals surface area contributed by atoms with E-state index < -0.39 is 0 Å². The molecule has 0 saturated carbocycles. The Hall–Kier alpha value is -0.920. The van der Waals surface area contributed by atoms with Crippen molar-refractivity contribution in [2.45, 2.75) is 66.7 Å². The maximum Gasteiger partial charge on any atom is 0.133 e. The minimum absolute atomic E-state index is 0.161. The normalized spacial score (nSPS) is 15.3. The van der Waals surface area contributed by atoms with Gasteiger partial charge in [0.05, 0.1) is 0 Å². The van der Waals surface area contributed by atoms with Crippen LogP contribution >= 0.6 is 0 Å². The van der Waals surface area contributed by atoms with Crippen LogP contribution in [0.3, 0.4) is 0 Å². The van der Waals surface area contributed by atoms with Gasteiger partial charge < -0.3 is 0 Å². The molecule has 0 aliphatic heterocycles. The standard InChI is InChI=1S/C16H29NO/c1-7-9-12(3)16(13(4)17-6)11-15(10-8-2)14(5)18/h15H,7-11H2,1-6H3/b16-12-,17-13?. The summed E-state index contributed by atoms with van der Waals surface area (Å²) < 4.78 is 0. The van der Waals surface area contributed by atoms with Gasteiger partial charge in [0.25, 0.3) is 0 Å². The van der Waals surface area contributed by atoms with Gasteiger partial charge in [-0.3, -0.25) is 9.79 Å². The quantitative estimate of drug-likeness (QED) is 0.580. The minimum Gasteiger partial charge on any atom is -0.300 e. The molecule has 0 amide bonds. The van der Waals surface area contributed by atoms with E-state index in [1.54, 1.807) is 6.92 Å². The van der Waals surface area contributed by atoms with Gasteiger partial charge in [0.1, 0.15) is 5.78 Å². The molecule has 104 valence electrons. The second-order valence-electron chi connectivity index (χ2n) is 5.12. The minimum atomic E-state index is 0.161. The molecule has 0 N–H and O–H groups in total. The lowest BCUT2D eigenvalue weighted by Gasteiger charge is -2.18. The highest BCUT2D eigenvalue weighted by molar-refractivity contribution is 5.99. The van der Waals surface area contributed by atoms with Crippen LogP contribution in [0, 0.1) is 5.92 Å². The van der Waals surface area contributed by atoms with E-state index in [1.165, 1.54) is 11.1 Å². The average Bonchev–Trinajstić information content (AvgIpc) is 2.33. The molecule has 1 atom stereocenters. The Morgan fingerprint density at radius 2 is 1.72 bits per heavy atom. The first-order chi connectivity index (χ1) is 8.47. The third kappa shape index (κ3) is 5.61. The summed E-state index contributed by atoms with van der Waals surface area (Å²) in [5, 5.41) is 0. The summed E-state index contributed by atoms with van der Waals surface area (Å²) in [5.74, 6) is 0.469. The van der Waals surface area contributed by atoms with Crippen LogP contribution in [0.1, 0.15) is 66.7 Å². The van der Waals surface area contributed by atoms with E-state index in [9.17, 15) is 4.79 Å². The first kappa shape index (κ1) is 17.1. The summed E-state index contributed by atoms with van der Waals surface area (Å²) in [5.41, 5.74) is 3.78. The van der Waals surface area contributed by atoms with Crippen molar-refractivity contribution in [3.05, 3.63) is 11.1 Å². The van der Waals surface area contributed by atoms with Crippen LogP contribution in [-0.2, 0) is 4.79 Å². The molecule has 0 spiro atoms. The first-order valence-corrected chi connectivity index (χ1v) is 7.10. The lowest BCUT2D eigenvalue weighted by molar-refractivity contribution is -0.120. The van der Waals surface area contributed by atoms with Crippen molar-refractivity contribution in [2.75, 3.05) is 7.05 Å². The number of carbonyl (C=O) groups is 1. The number of Topliss-reactive ketones (excluding diaryl/α,β-unsaturated/α-hetero) is 1. The summed E-state index contributed by atoms with van der Waals surface area (Å²) in [6.45, 7) is 10.3. The fraction of sp³-hybridized carbons (Fsp3) is 0.750. The van der Waals surface area contributed by atoms with Gasteiger partial charge in [-0.15, -0.1) is 0 Å². The lowest BCUT2D eigenvalue weighted by Crippen LogP contribution is -2.15. The van der Waals surface area contributed by atoms with Crippen LogP contribution in [0.15, 0.2) is 16.1 Å². The van der Waals surface area contributed by atoms with Crippen LogP contribution in [-0.4, -0.2) is 18.5 Å². The number of rotatable bonds is 8. The van der Waals surface area contributed by atoms with Crippen molar-refractivity contribution in [2.24, 2.45) is 10.9 Å². The molecule has 2 nitrogen and oxygen atoms in total. The van der Waals surface area contributed by atoms with Gasteiger partial charge in [-0.2, -0.15) is 0 Å². The summed E-state index contributed by atoms with van der Waals surface area (Å²) in [7, 11) is 1.83. The van der Waals surface area contributed by atoms with Gasteiger partial charge >= 0.3 is 0 Å². The fourth-order valence-electron chi connectivity index (χ4n) is 2.34. The Morgan fingerprint density at radius 3 is 2.11 bits per heavy atom. The molecule has 0 fully saturated rings. The van der Waals surface area contributed by atoms with Gasteiger partial charge in [0.2, 0.25) is 0 Å². The maximum absolute atomic E-state index is 11.7. The van der Waals surface area contributed by atoms with E-state index in [-0.39, 0.29) is 5.92 Å². The molecule has 2 heteroatoms. The molecule has 0 aromatic rings. The van der Waals surface area contributed by atoms with E-state index in [0.29, 0.717) is 5.78 Å². The van der Waals surface area contributed by atoms with Gasteiger partial charge in [-0.1, -0.05) is 32.3 Å². The van der Waals surface area contributed by atoms with Crippen molar-refractivity contribution < 1.29 is 4.79 Å². The average molecular weight is 251 g/mol. The van der Waals surface area contributed by atoms with Gasteiger partial charge in [-0.05, 0) is 45.6 Å². The van der Waals surface area contributed by atoms with Gasteiger partial charge in [0, 0.05) is 18.7 Å². The topological polar surface area (TPSA) is 29.4 Å². The molecule has 0 saturated heterocycles.